The quantitative estimate of drug-likeness (QED) is 0.0471. The van der Waals surface area contributed by atoms with Crippen LogP contribution in [-0.4, -0.2) is 184 Å². The number of alkyl halides is 6. The molecule has 6 fully saturated rings. The average molecular weight is 1670 g/mol. The third-order valence-corrected chi connectivity index (χ3v) is 27.9. The molecular formula is C82H104F6N6O20S2. The Kier molecular flexibility index (Phi) is 26.0. The number of nitrogens with zero attached hydrogens (tertiary/aromatic N) is 4. The third kappa shape index (κ3) is 19.6. The summed E-state index contributed by atoms with van der Waals surface area (Å²) in [7, 11) is -1.92. The first-order valence-electron chi connectivity index (χ1n) is 39.4. The van der Waals surface area contributed by atoms with Crippen molar-refractivity contribution in [3.63, 3.8) is 0 Å². The number of pyridine rings is 2. The lowest BCUT2D eigenvalue weighted by Gasteiger charge is -2.33. The van der Waals surface area contributed by atoms with Crippen molar-refractivity contribution in [1.29, 1.82) is 0 Å². The van der Waals surface area contributed by atoms with Gasteiger partial charge >= 0.3 is 24.3 Å². The number of halogens is 6. The highest BCUT2D eigenvalue weighted by Crippen LogP contribution is 2.59. The van der Waals surface area contributed by atoms with Crippen LogP contribution in [0, 0.1) is 58.2 Å². The number of esters is 2. The Bertz CT molecular complexity index is 4430. The van der Waals surface area contributed by atoms with Gasteiger partial charge in [-0.15, -0.1) is 0 Å². The number of methoxy groups -OCH3 is 4. The number of carbonyl (C=O) groups excluding carboxylic acids is 8. The van der Waals surface area contributed by atoms with Crippen molar-refractivity contribution in [2.45, 2.75) is 229 Å². The zero-order chi connectivity index (χ0) is 84.7. The second-order valence-electron chi connectivity index (χ2n) is 33.9. The van der Waals surface area contributed by atoms with Crippen LogP contribution in [0.4, 0.5) is 26.3 Å². The normalized spacial score (nSPS) is 29.0. The molecule has 4 aromatic rings. The predicted molar refractivity (Wildman–Crippen MR) is 411 cm³/mol. The number of hydrogen-bond donors (Lipinski definition) is 2. The van der Waals surface area contributed by atoms with E-state index in [1.807, 2.05) is 38.2 Å². The Balaban J connectivity index is 0.000000228. The lowest BCUT2D eigenvalue weighted by Crippen LogP contribution is -2.48. The molecule has 0 unspecified atom stereocenters. The van der Waals surface area contributed by atoms with Gasteiger partial charge < -0.3 is 47.7 Å². The van der Waals surface area contributed by atoms with E-state index in [2.05, 4.69) is 19.4 Å². The van der Waals surface area contributed by atoms with Crippen LogP contribution in [0.25, 0.3) is 21.5 Å². The number of ether oxygens (including phenoxy) is 8. The molecule has 8 aliphatic rings. The van der Waals surface area contributed by atoms with E-state index in [-0.39, 0.29) is 75.2 Å². The van der Waals surface area contributed by atoms with Crippen LogP contribution in [0.1, 0.15) is 171 Å². The fourth-order valence-electron chi connectivity index (χ4n) is 16.5. The van der Waals surface area contributed by atoms with Crippen LogP contribution in [0.5, 0.6) is 34.8 Å². The van der Waals surface area contributed by atoms with E-state index < -0.39 is 185 Å². The lowest BCUT2D eigenvalue weighted by molar-refractivity contribution is -0.257. The lowest BCUT2D eigenvalue weighted by atomic mass is 9.82. The highest BCUT2D eigenvalue weighted by atomic mass is 32.2. The molecule has 2 N–H and O–H groups in total. The maximum atomic E-state index is 14.8. The number of rotatable bonds is 20. The first-order valence-corrected chi connectivity index (χ1v) is 42.5. The van der Waals surface area contributed by atoms with Crippen LogP contribution in [-0.2, 0) is 67.9 Å². The van der Waals surface area contributed by atoms with Crippen molar-refractivity contribution in [2.75, 3.05) is 41.5 Å². The van der Waals surface area contributed by atoms with E-state index in [0.29, 0.717) is 109 Å². The van der Waals surface area contributed by atoms with Gasteiger partial charge in [0.05, 0.1) is 99.6 Å². The molecule has 2 aromatic heterocycles. The Labute approximate surface area is 671 Å². The molecule has 4 aliphatic carbocycles. The standard InChI is InChI=1S/2C41H52F3N3O10S/c2*1-23-9-7-8-10-26-20-40(26,38(51)46-58(52,53)28-11-12-28)21-32(48)31-17-27(56-36-30-18-34(55-6)33(54-5)16-25(30)13-14-45-36)22-47(31)37(50)29(24(2)15-23)19-35(49)57-39(3,4)41(42,43)44/h2*8,10,13-14,16,18,23-24,26-29,31H,7,9,11-12,15,17,19-22H2,1-6H3,(H,46,51)/b2*10-8-/t23-,24+,26+,27+,29-,31-,40+;23-,24-,26-,27-,29+,31+,40-/m01/s1. The van der Waals surface area contributed by atoms with E-state index in [9.17, 15) is 81.5 Å². The molecule has 4 saturated carbocycles. The summed E-state index contributed by atoms with van der Waals surface area (Å²) in [6.45, 7) is 10.1. The predicted octanol–water partition coefficient (Wildman–Crippen LogP) is 12.2. The van der Waals surface area contributed by atoms with Crippen LogP contribution in [0.15, 0.2) is 73.1 Å². The number of sulfonamides is 2. The second kappa shape index (κ2) is 34.3. The number of aromatic nitrogens is 2. The summed E-state index contributed by atoms with van der Waals surface area (Å²) in [5.41, 5.74) is -8.38. The zero-order valence-electron chi connectivity index (χ0n) is 67.2. The van der Waals surface area contributed by atoms with Crippen molar-refractivity contribution >= 4 is 88.7 Å². The topological polar surface area (TPSA) is 335 Å². The smallest absolute Gasteiger partial charge is 0.427 e. The van der Waals surface area contributed by atoms with Gasteiger partial charge in [-0.05, 0) is 187 Å². The molecule has 4 aliphatic heterocycles. The molecule has 116 heavy (non-hydrogen) atoms. The van der Waals surface area contributed by atoms with Gasteiger partial charge in [0.1, 0.15) is 12.2 Å². The highest BCUT2D eigenvalue weighted by molar-refractivity contribution is 7.91. The Hall–Kier alpha value is -8.82. The zero-order valence-corrected chi connectivity index (χ0v) is 68.8. The molecule has 636 valence electrons. The third-order valence-electron chi connectivity index (χ3n) is 24.2. The van der Waals surface area contributed by atoms with Crippen molar-refractivity contribution in [1.82, 2.24) is 29.2 Å². The average Bonchev–Trinajstić information content (AvgIpc) is 1.57. The molecule has 0 bridgehead atoms. The number of ketones is 2. The van der Waals surface area contributed by atoms with Crippen LogP contribution < -0.4 is 37.9 Å². The summed E-state index contributed by atoms with van der Waals surface area (Å²) in [5.74, 6) is -8.36. The molecule has 4 amide bonds. The fraction of sp³-hybridized carbons (Fsp3) is 0.634. The maximum absolute atomic E-state index is 14.8. The van der Waals surface area contributed by atoms with Crippen LogP contribution in [0.3, 0.4) is 0 Å². The van der Waals surface area contributed by atoms with Crippen LogP contribution >= 0.6 is 0 Å². The number of fused-ring (bicyclic) bond motifs is 6. The van der Waals surface area contributed by atoms with Gasteiger partial charge in [0.2, 0.25) is 66.6 Å². The summed E-state index contributed by atoms with van der Waals surface area (Å²) < 4.78 is 183. The van der Waals surface area contributed by atoms with Crippen molar-refractivity contribution in [3.05, 3.63) is 73.1 Å². The first kappa shape index (κ1) is 88.0. The van der Waals surface area contributed by atoms with Gasteiger partial charge in [-0.3, -0.25) is 47.8 Å². The maximum Gasteiger partial charge on any atom is 0.427 e. The minimum atomic E-state index is -4.87. The molecule has 0 spiro atoms. The van der Waals surface area contributed by atoms with E-state index in [4.69, 9.17) is 37.9 Å². The number of Topliss-reactive ketones (excluding diaryl/α,β-unsaturated/α-hetero) is 2. The molecule has 12 rings (SSSR count). The summed E-state index contributed by atoms with van der Waals surface area (Å²) >= 11 is 0. The fourth-order valence-corrected chi connectivity index (χ4v) is 19.3. The Morgan fingerprint density at radius 1 is 0.517 bits per heavy atom. The van der Waals surface area contributed by atoms with E-state index in [0.717, 1.165) is 27.7 Å². The van der Waals surface area contributed by atoms with E-state index in [1.165, 1.54) is 50.6 Å². The molecule has 2 aromatic carbocycles. The number of amides is 4. The van der Waals surface area contributed by atoms with Gasteiger partial charge in [-0.2, -0.15) is 26.3 Å². The highest BCUT2D eigenvalue weighted by Gasteiger charge is 2.64. The Morgan fingerprint density at radius 3 is 1.19 bits per heavy atom. The minimum Gasteiger partial charge on any atom is -0.493 e. The van der Waals surface area contributed by atoms with Gasteiger partial charge in [-0.25, -0.2) is 26.8 Å². The molecule has 6 heterocycles. The number of hydrogen-bond acceptors (Lipinski definition) is 22. The summed E-state index contributed by atoms with van der Waals surface area (Å²) in [6, 6.07) is 7.99. The Morgan fingerprint density at radius 2 is 0.862 bits per heavy atom. The van der Waals surface area contributed by atoms with Gasteiger partial charge in [-0.1, -0.05) is 52.0 Å². The monoisotopic (exact) mass is 1670 g/mol. The molecule has 34 heteroatoms. The van der Waals surface area contributed by atoms with E-state index in [1.54, 1.807) is 50.2 Å². The summed E-state index contributed by atoms with van der Waals surface area (Å²) in [6.07, 6.45) is 2.55. The number of nitrogens with one attached hydrogen (secondary N) is 2. The molecule has 0 radical (unpaired) electrons. The summed E-state index contributed by atoms with van der Waals surface area (Å²) in [4.78, 5) is 125. The second-order valence-corrected chi connectivity index (χ2v) is 37.8. The van der Waals surface area contributed by atoms with Crippen molar-refractivity contribution < 1.29 is 119 Å². The van der Waals surface area contributed by atoms with Crippen LogP contribution in [0.2, 0.25) is 0 Å². The van der Waals surface area contributed by atoms with Crippen molar-refractivity contribution in [2.24, 2.45) is 58.2 Å². The molecule has 26 nitrogen and oxygen atoms in total. The number of carbonyl (C=O) groups is 8. The summed E-state index contributed by atoms with van der Waals surface area (Å²) in [5, 5.41) is 1.17. The first-order chi connectivity index (χ1) is 54.4. The van der Waals surface area contributed by atoms with E-state index >= 15 is 0 Å². The largest absolute Gasteiger partial charge is 0.493 e. The molecular weight excluding hydrogens is 1570 g/mol. The van der Waals surface area contributed by atoms with Gasteiger partial charge in [0.15, 0.2) is 34.6 Å². The SMILES string of the molecule is COc1cc2ccnc(O[C@@H]3C[C@H]4C(=O)C[C@]5(C(=O)NS(=O)(=O)C6CC6)C[C@H]5/C=C\CC[C@@H](C)C[C@@H](C)[C@H](CC(=O)OC(C)(C)C(F)(F)F)C(=O)N4C3)c2cc1OC.COc1cc2ccnc(O[C@@H]3C[C@H]4C(=O)C[C@]5(C(=O)NS(=O)(=O)C6CC6)C[C@H]5/C=C\CC[C@H](C)C[C@@H](C)[C@H](CC(=O)OC(C)(C)C(F)(F)F)C(=O)N4C3)c2cc1OC. The molecule has 14 atom stereocenters. The van der Waals surface area contributed by atoms with Gasteiger partial charge in [0.25, 0.3) is 0 Å². The minimum absolute atomic E-state index is 0.0128. The van der Waals surface area contributed by atoms with Crippen molar-refractivity contribution in [3.8, 4) is 34.8 Å². The molecule has 2 saturated heterocycles. The number of benzene rings is 2. The number of allylic oxidation sites excluding steroid dienone is 4. The van der Waals surface area contributed by atoms with Gasteiger partial charge in [0, 0.05) is 48.8 Å².